The first-order chi connectivity index (χ1) is 9.83. The summed E-state index contributed by atoms with van der Waals surface area (Å²) in [6, 6.07) is 10.1. The SMILES string of the molecule is O=C(Cc1c[nH]c2ccccc12)NCCc1ccsc1. The van der Waals surface area contributed by atoms with Crippen LogP contribution in [0.2, 0.25) is 0 Å². The van der Waals surface area contributed by atoms with Gasteiger partial charge in [-0.2, -0.15) is 11.3 Å². The van der Waals surface area contributed by atoms with Crippen LogP contribution in [0.3, 0.4) is 0 Å². The highest BCUT2D eigenvalue weighted by atomic mass is 32.1. The van der Waals surface area contributed by atoms with E-state index in [0.29, 0.717) is 13.0 Å². The molecule has 0 saturated heterocycles. The van der Waals surface area contributed by atoms with Gasteiger partial charge >= 0.3 is 0 Å². The molecule has 0 aliphatic heterocycles. The van der Waals surface area contributed by atoms with Gasteiger partial charge in [-0.25, -0.2) is 0 Å². The standard InChI is InChI=1S/C16H16N2OS/c19-16(17-7-5-12-6-8-20-11-12)9-13-10-18-15-4-2-1-3-14(13)15/h1-4,6,8,10-11,18H,5,7,9H2,(H,17,19). The molecule has 20 heavy (non-hydrogen) atoms. The summed E-state index contributed by atoms with van der Waals surface area (Å²) >= 11 is 1.69. The minimum atomic E-state index is 0.0741. The maximum atomic E-state index is 12.0. The second-order valence-corrected chi connectivity index (χ2v) is 5.55. The van der Waals surface area contributed by atoms with Crippen molar-refractivity contribution in [1.82, 2.24) is 10.3 Å². The number of hydrogen-bond acceptors (Lipinski definition) is 2. The molecule has 1 aromatic carbocycles. The molecule has 3 rings (SSSR count). The normalized spacial score (nSPS) is 10.8. The molecule has 102 valence electrons. The maximum Gasteiger partial charge on any atom is 0.224 e. The fourth-order valence-electron chi connectivity index (χ4n) is 2.29. The van der Waals surface area contributed by atoms with E-state index < -0.39 is 0 Å². The van der Waals surface area contributed by atoms with Crippen molar-refractivity contribution in [1.29, 1.82) is 0 Å². The van der Waals surface area contributed by atoms with Gasteiger partial charge in [0.05, 0.1) is 6.42 Å². The number of rotatable bonds is 5. The molecule has 3 aromatic rings. The van der Waals surface area contributed by atoms with Gasteiger partial charge in [-0.05, 0) is 40.4 Å². The number of para-hydroxylation sites is 1. The molecule has 2 N–H and O–H groups in total. The Morgan fingerprint density at radius 2 is 2.15 bits per heavy atom. The van der Waals surface area contributed by atoms with E-state index in [1.165, 1.54) is 5.56 Å². The first-order valence-corrected chi connectivity index (χ1v) is 7.60. The van der Waals surface area contributed by atoms with E-state index in [0.717, 1.165) is 22.9 Å². The largest absolute Gasteiger partial charge is 0.361 e. The average molecular weight is 284 g/mol. The van der Waals surface area contributed by atoms with E-state index in [-0.39, 0.29) is 5.91 Å². The van der Waals surface area contributed by atoms with Gasteiger partial charge in [0.1, 0.15) is 0 Å². The summed E-state index contributed by atoms with van der Waals surface area (Å²) in [6.45, 7) is 0.692. The Balaban J connectivity index is 1.56. The number of hydrogen-bond donors (Lipinski definition) is 2. The van der Waals surface area contributed by atoms with Gasteiger partial charge in [0, 0.05) is 23.6 Å². The summed E-state index contributed by atoms with van der Waals surface area (Å²) in [4.78, 5) is 15.2. The zero-order valence-electron chi connectivity index (χ0n) is 11.1. The van der Waals surface area contributed by atoms with Crippen LogP contribution in [0, 0.1) is 0 Å². The average Bonchev–Trinajstić information content (AvgIpc) is 3.09. The topological polar surface area (TPSA) is 44.9 Å². The second kappa shape index (κ2) is 5.92. The molecule has 2 heterocycles. The Morgan fingerprint density at radius 1 is 1.25 bits per heavy atom. The number of thiophene rings is 1. The number of nitrogens with one attached hydrogen (secondary N) is 2. The molecular weight excluding hydrogens is 268 g/mol. The summed E-state index contributed by atoms with van der Waals surface area (Å²) in [5.41, 5.74) is 3.41. The van der Waals surface area contributed by atoms with Gasteiger partial charge < -0.3 is 10.3 Å². The van der Waals surface area contributed by atoms with Gasteiger partial charge in [-0.1, -0.05) is 18.2 Å². The van der Waals surface area contributed by atoms with Gasteiger partial charge in [-0.15, -0.1) is 0 Å². The number of benzene rings is 1. The van der Waals surface area contributed by atoms with Crippen molar-refractivity contribution in [2.45, 2.75) is 12.8 Å². The van der Waals surface area contributed by atoms with Crippen LogP contribution in [0.5, 0.6) is 0 Å². The van der Waals surface area contributed by atoms with Crippen LogP contribution < -0.4 is 5.32 Å². The number of carbonyl (C=O) groups excluding carboxylic acids is 1. The molecule has 0 aliphatic rings. The molecule has 0 spiro atoms. The van der Waals surface area contributed by atoms with Crippen LogP contribution in [-0.2, 0) is 17.6 Å². The van der Waals surface area contributed by atoms with Crippen molar-refractivity contribution in [3.05, 3.63) is 58.4 Å². The van der Waals surface area contributed by atoms with Crippen LogP contribution in [0.1, 0.15) is 11.1 Å². The monoisotopic (exact) mass is 284 g/mol. The third kappa shape index (κ3) is 2.91. The highest BCUT2D eigenvalue weighted by Gasteiger charge is 2.08. The Labute approximate surface area is 121 Å². The number of aromatic nitrogens is 1. The fraction of sp³-hybridized carbons (Fsp3) is 0.188. The zero-order chi connectivity index (χ0) is 13.8. The van der Waals surface area contributed by atoms with Crippen molar-refractivity contribution in [2.75, 3.05) is 6.54 Å². The maximum absolute atomic E-state index is 12.0. The molecule has 2 aromatic heterocycles. The van der Waals surface area contributed by atoms with Gasteiger partial charge in [0.15, 0.2) is 0 Å². The Bertz CT molecular complexity index is 700. The molecule has 0 bridgehead atoms. The number of fused-ring (bicyclic) bond motifs is 1. The number of amides is 1. The lowest BCUT2D eigenvalue weighted by Gasteiger charge is -2.04. The lowest BCUT2D eigenvalue weighted by molar-refractivity contribution is -0.120. The molecule has 3 nitrogen and oxygen atoms in total. The molecule has 0 fully saturated rings. The van der Waals surface area contributed by atoms with E-state index in [9.17, 15) is 4.79 Å². The molecule has 0 radical (unpaired) electrons. The summed E-state index contributed by atoms with van der Waals surface area (Å²) in [7, 11) is 0. The van der Waals surface area contributed by atoms with Crippen molar-refractivity contribution in [3.8, 4) is 0 Å². The first-order valence-electron chi connectivity index (χ1n) is 6.66. The van der Waals surface area contributed by atoms with Crippen LogP contribution in [-0.4, -0.2) is 17.4 Å². The molecule has 0 unspecified atom stereocenters. The second-order valence-electron chi connectivity index (χ2n) is 4.77. The van der Waals surface area contributed by atoms with E-state index in [4.69, 9.17) is 0 Å². The quantitative estimate of drug-likeness (QED) is 0.743. The minimum absolute atomic E-state index is 0.0741. The zero-order valence-corrected chi connectivity index (χ0v) is 11.9. The number of H-pyrrole nitrogens is 1. The predicted octanol–water partition coefficient (Wildman–Crippen LogP) is 3.13. The minimum Gasteiger partial charge on any atom is -0.361 e. The third-order valence-corrected chi connectivity index (χ3v) is 4.07. The highest BCUT2D eigenvalue weighted by Crippen LogP contribution is 2.17. The Morgan fingerprint density at radius 3 is 3.00 bits per heavy atom. The summed E-state index contributed by atoms with van der Waals surface area (Å²) in [6.07, 6.45) is 3.24. The van der Waals surface area contributed by atoms with Gasteiger partial charge in [0.25, 0.3) is 0 Å². The Hall–Kier alpha value is -2.07. The van der Waals surface area contributed by atoms with Crippen LogP contribution >= 0.6 is 11.3 Å². The van der Waals surface area contributed by atoms with Gasteiger partial charge in [-0.3, -0.25) is 4.79 Å². The summed E-state index contributed by atoms with van der Waals surface area (Å²) < 4.78 is 0. The molecule has 0 aliphatic carbocycles. The van der Waals surface area contributed by atoms with Crippen molar-refractivity contribution in [3.63, 3.8) is 0 Å². The van der Waals surface area contributed by atoms with Crippen molar-refractivity contribution >= 4 is 28.1 Å². The number of aromatic amines is 1. The molecule has 1 amide bonds. The van der Waals surface area contributed by atoms with Crippen LogP contribution in [0.25, 0.3) is 10.9 Å². The van der Waals surface area contributed by atoms with Crippen molar-refractivity contribution in [2.24, 2.45) is 0 Å². The molecule has 0 saturated carbocycles. The van der Waals surface area contributed by atoms with Crippen LogP contribution in [0.4, 0.5) is 0 Å². The third-order valence-electron chi connectivity index (χ3n) is 3.34. The van der Waals surface area contributed by atoms with Crippen molar-refractivity contribution < 1.29 is 4.79 Å². The number of carbonyl (C=O) groups is 1. The highest BCUT2D eigenvalue weighted by molar-refractivity contribution is 7.07. The molecular formula is C16H16N2OS. The van der Waals surface area contributed by atoms with Gasteiger partial charge in [0.2, 0.25) is 5.91 Å². The summed E-state index contributed by atoms with van der Waals surface area (Å²) in [5.74, 6) is 0.0741. The van der Waals surface area contributed by atoms with E-state index >= 15 is 0 Å². The smallest absolute Gasteiger partial charge is 0.224 e. The van der Waals surface area contributed by atoms with E-state index in [1.54, 1.807) is 11.3 Å². The lowest BCUT2D eigenvalue weighted by Crippen LogP contribution is -2.27. The van der Waals surface area contributed by atoms with E-state index in [2.05, 4.69) is 27.1 Å². The Kier molecular flexibility index (Phi) is 3.83. The molecule has 0 atom stereocenters. The van der Waals surface area contributed by atoms with E-state index in [1.807, 2.05) is 30.5 Å². The first kappa shape index (κ1) is 12.9. The van der Waals surface area contributed by atoms with Crippen LogP contribution in [0.15, 0.2) is 47.3 Å². The lowest BCUT2D eigenvalue weighted by atomic mass is 10.1. The molecule has 4 heteroatoms. The predicted molar refractivity (Wildman–Crippen MR) is 83.0 cm³/mol. The summed E-state index contributed by atoms with van der Waals surface area (Å²) in [5, 5.41) is 8.28. The fourth-order valence-corrected chi connectivity index (χ4v) is 3.00.